The van der Waals surface area contributed by atoms with E-state index in [-0.39, 0.29) is 5.92 Å². The van der Waals surface area contributed by atoms with Gasteiger partial charge in [0.1, 0.15) is 12.2 Å². The lowest BCUT2D eigenvalue weighted by atomic mass is 9.79. The summed E-state index contributed by atoms with van der Waals surface area (Å²) >= 11 is 0. The number of rotatable bonds is 2. The first-order valence-corrected chi connectivity index (χ1v) is 6.30. The molecule has 1 aliphatic rings. The molecule has 5 heteroatoms. The van der Waals surface area contributed by atoms with Crippen LogP contribution in [0.2, 0.25) is 0 Å². The molecule has 0 aromatic carbocycles. The second kappa shape index (κ2) is 4.49. The van der Waals surface area contributed by atoms with Gasteiger partial charge in [0.05, 0.1) is 6.04 Å². The highest BCUT2D eigenvalue weighted by Gasteiger charge is 2.35. The Labute approximate surface area is 106 Å². The lowest BCUT2D eigenvalue weighted by Gasteiger charge is -2.34. The first kappa shape index (κ1) is 11.3. The summed E-state index contributed by atoms with van der Waals surface area (Å²) in [6.45, 7) is 2.76. The van der Waals surface area contributed by atoms with E-state index in [0.29, 0.717) is 18.5 Å². The number of hydrogen-bond donors (Lipinski definition) is 1. The fraction of sp³-hybridized carbons (Fsp3) is 0.462. The van der Waals surface area contributed by atoms with Gasteiger partial charge in [-0.25, -0.2) is 9.67 Å². The second-order valence-electron chi connectivity index (χ2n) is 4.88. The smallest absolute Gasteiger partial charge is 0.138 e. The summed E-state index contributed by atoms with van der Waals surface area (Å²) < 4.78 is 2.00. The van der Waals surface area contributed by atoms with Crippen LogP contribution in [0.25, 0.3) is 0 Å². The summed E-state index contributed by atoms with van der Waals surface area (Å²) in [4.78, 5) is 8.60. The minimum atomic E-state index is 0.230. The molecule has 0 bridgehead atoms. The zero-order chi connectivity index (χ0) is 12.5. The molecule has 3 atom stereocenters. The molecule has 94 valence electrons. The van der Waals surface area contributed by atoms with Crippen LogP contribution in [0.4, 0.5) is 0 Å². The first-order valence-electron chi connectivity index (χ1n) is 6.30. The molecule has 2 N–H and O–H groups in total. The molecule has 3 rings (SSSR count). The van der Waals surface area contributed by atoms with E-state index in [1.165, 1.54) is 5.56 Å². The van der Waals surface area contributed by atoms with Crippen molar-refractivity contribution < 1.29 is 0 Å². The Morgan fingerprint density at radius 3 is 3.11 bits per heavy atom. The minimum Gasteiger partial charge on any atom is -0.330 e. The quantitative estimate of drug-likeness (QED) is 0.867. The molecule has 0 amide bonds. The number of fused-ring (bicyclic) bond motifs is 1. The van der Waals surface area contributed by atoms with Crippen molar-refractivity contribution in [2.45, 2.75) is 31.2 Å². The molecule has 1 aliphatic heterocycles. The van der Waals surface area contributed by atoms with E-state index in [1.54, 1.807) is 12.5 Å². The summed E-state index contributed by atoms with van der Waals surface area (Å²) in [6, 6.07) is 4.46. The molecule has 0 saturated heterocycles. The molecule has 0 aliphatic carbocycles. The highest BCUT2D eigenvalue weighted by atomic mass is 15.4. The van der Waals surface area contributed by atoms with Crippen LogP contribution in [0.3, 0.4) is 0 Å². The topological polar surface area (TPSA) is 69.6 Å². The van der Waals surface area contributed by atoms with Gasteiger partial charge in [-0.15, -0.1) is 0 Å². The normalized spacial score (nSPS) is 26.9. The molecule has 18 heavy (non-hydrogen) atoms. The Morgan fingerprint density at radius 2 is 2.39 bits per heavy atom. The maximum atomic E-state index is 5.95. The summed E-state index contributed by atoms with van der Waals surface area (Å²) in [6.07, 6.45) is 6.39. The SMILES string of the molecule is CC1CC(c2cccnc2)C(CN)c2ncnn21. The van der Waals surface area contributed by atoms with Crippen molar-refractivity contribution >= 4 is 0 Å². The van der Waals surface area contributed by atoms with Crippen LogP contribution in [0.1, 0.15) is 42.6 Å². The van der Waals surface area contributed by atoms with Crippen molar-refractivity contribution in [3.8, 4) is 0 Å². The number of hydrogen-bond acceptors (Lipinski definition) is 4. The molecule has 0 spiro atoms. The van der Waals surface area contributed by atoms with Gasteiger partial charge >= 0.3 is 0 Å². The summed E-state index contributed by atoms with van der Waals surface area (Å²) in [5.41, 5.74) is 7.19. The van der Waals surface area contributed by atoms with Crippen LogP contribution >= 0.6 is 0 Å². The van der Waals surface area contributed by atoms with Gasteiger partial charge in [0.25, 0.3) is 0 Å². The lowest BCUT2D eigenvalue weighted by molar-refractivity contribution is 0.311. The summed E-state index contributed by atoms with van der Waals surface area (Å²) in [5, 5.41) is 4.30. The van der Waals surface area contributed by atoms with Gasteiger partial charge in [-0.3, -0.25) is 4.98 Å². The Morgan fingerprint density at radius 1 is 1.50 bits per heavy atom. The molecule has 2 aromatic heterocycles. The first-order chi connectivity index (χ1) is 8.81. The highest BCUT2D eigenvalue weighted by molar-refractivity contribution is 5.23. The predicted octanol–water partition coefficient (Wildman–Crippen LogP) is 1.46. The summed E-state index contributed by atoms with van der Waals surface area (Å²) in [5.74, 6) is 1.62. The summed E-state index contributed by atoms with van der Waals surface area (Å²) in [7, 11) is 0. The van der Waals surface area contributed by atoms with Crippen molar-refractivity contribution in [2.75, 3.05) is 6.54 Å². The van der Waals surface area contributed by atoms with Crippen LogP contribution in [-0.4, -0.2) is 26.3 Å². The van der Waals surface area contributed by atoms with Gasteiger partial charge in [0.2, 0.25) is 0 Å². The zero-order valence-corrected chi connectivity index (χ0v) is 10.4. The van der Waals surface area contributed by atoms with Crippen LogP contribution in [0, 0.1) is 0 Å². The average molecular weight is 243 g/mol. The van der Waals surface area contributed by atoms with Gasteiger partial charge in [-0.2, -0.15) is 5.10 Å². The maximum absolute atomic E-state index is 5.95. The second-order valence-corrected chi connectivity index (χ2v) is 4.88. The van der Waals surface area contributed by atoms with Gasteiger partial charge in [-0.05, 0) is 30.9 Å². The number of nitrogens with zero attached hydrogens (tertiary/aromatic N) is 4. The Hall–Kier alpha value is -1.75. The van der Waals surface area contributed by atoms with E-state index in [0.717, 1.165) is 12.2 Å². The average Bonchev–Trinajstić information content (AvgIpc) is 2.89. The van der Waals surface area contributed by atoms with Crippen LogP contribution < -0.4 is 5.73 Å². The molecule has 2 aromatic rings. The Balaban J connectivity index is 2.02. The van der Waals surface area contributed by atoms with Gasteiger partial charge in [0.15, 0.2) is 0 Å². The monoisotopic (exact) mass is 243 g/mol. The van der Waals surface area contributed by atoms with Crippen molar-refractivity contribution in [1.29, 1.82) is 0 Å². The molecular formula is C13H17N5. The minimum absolute atomic E-state index is 0.230. The highest BCUT2D eigenvalue weighted by Crippen LogP contribution is 2.41. The van der Waals surface area contributed by atoms with E-state index in [9.17, 15) is 0 Å². The molecule has 5 nitrogen and oxygen atoms in total. The standard InChI is InChI=1S/C13H17N5/c1-9-5-11(10-3-2-4-15-7-10)12(6-14)13-16-8-17-18(9)13/h2-4,7-9,11-12H,5-6,14H2,1H3. The zero-order valence-electron chi connectivity index (χ0n) is 10.4. The van der Waals surface area contributed by atoms with E-state index in [2.05, 4.69) is 28.1 Å². The Kier molecular flexibility index (Phi) is 2.83. The van der Waals surface area contributed by atoms with Gasteiger partial charge in [-0.1, -0.05) is 6.07 Å². The number of pyridine rings is 1. The Bertz CT molecular complexity index is 521. The third-order valence-corrected chi connectivity index (χ3v) is 3.80. The fourth-order valence-corrected chi connectivity index (χ4v) is 2.91. The largest absolute Gasteiger partial charge is 0.330 e. The third-order valence-electron chi connectivity index (χ3n) is 3.80. The molecule has 3 heterocycles. The van der Waals surface area contributed by atoms with E-state index >= 15 is 0 Å². The van der Waals surface area contributed by atoms with Crippen molar-refractivity contribution in [3.63, 3.8) is 0 Å². The van der Waals surface area contributed by atoms with E-state index in [1.807, 2.05) is 16.9 Å². The van der Waals surface area contributed by atoms with Crippen molar-refractivity contribution in [1.82, 2.24) is 19.7 Å². The van der Waals surface area contributed by atoms with Crippen LogP contribution in [-0.2, 0) is 0 Å². The van der Waals surface area contributed by atoms with Crippen molar-refractivity contribution in [2.24, 2.45) is 5.73 Å². The molecule has 0 fully saturated rings. The molecule has 0 saturated carbocycles. The maximum Gasteiger partial charge on any atom is 0.138 e. The number of nitrogens with two attached hydrogens (primary N) is 1. The lowest BCUT2D eigenvalue weighted by Crippen LogP contribution is -2.31. The fourth-order valence-electron chi connectivity index (χ4n) is 2.91. The molecule has 0 radical (unpaired) electrons. The van der Waals surface area contributed by atoms with Crippen LogP contribution in [0.5, 0.6) is 0 Å². The van der Waals surface area contributed by atoms with Gasteiger partial charge < -0.3 is 5.73 Å². The van der Waals surface area contributed by atoms with E-state index in [4.69, 9.17) is 5.73 Å². The third kappa shape index (κ3) is 1.71. The molecular weight excluding hydrogens is 226 g/mol. The number of aromatic nitrogens is 4. The van der Waals surface area contributed by atoms with Gasteiger partial charge in [0, 0.05) is 24.9 Å². The van der Waals surface area contributed by atoms with Crippen molar-refractivity contribution in [3.05, 3.63) is 42.2 Å². The van der Waals surface area contributed by atoms with E-state index < -0.39 is 0 Å². The molecule has 3 unspecified atom stereocenters. The van der Waals surface area contributed by atoms with Crippen LogP contribution in [0.15, 0.2) is 30.9 Å². The predicted molar refractivity (Wildman–Crippen MR) is 68.1 cm³/mol.